The number of halogens is 3. The molecule has 2 aromatic carbocycles. The van der Waals surface area contributed by atoms with Crippen LogP contribution in [0.2, 0.25) is 0 Å². The second kappa shape index (κ2) is 10.3. The van der Waals surface area contributed by atoms with Crippen LogP contribution in [0.5, 0.6) is 5.75 Å². The molecule has 2 aliphatic heterocycles. The lowest BCUT2D eigenvalue weighted by atomic mass is 10.0. The molecule has 2 N–H and O–H groups in total. The molecule has 182 valence electrons. The quantitative estimate of drug-likeness (QED) is 0.584. The minimum atomic E-state index is -4.60. The number of nitrogens with one attached hydrogen (secondary N) is 2. The summed E-state index contributed by atoms with van der Waals surface area (Å²) in [6.07, 6.45) is -3.19. The van der Waals surface area contributed by atoms with Crippen molar-refractivity contribution in [3.8, 4) is 5.75 Å². The first-order valence-corrected chi connectivity index (χ1v) is 11.2. The SMILES string of the molecule is O=C1CCc2cc(OCCCC(=O)Nc3ccc(N4CCOCC4)cc3C(F)(F)F)ccc2N1. The highest BCUT2D eigenvalue weighted by Gasteiger charge is 2.34. The van der Waals surface area contributed by atoms with E-state index in [1.165, 1.54) is 6.07 Å². The van der Waals surface area contributed by atoms with Crippen LogP contribution in [0, 0.1) is 0 Å². The first-order valence-electron chi connectivity index (χ1n) is 11.2. The van der Waals surface area contributed by atoms with Gasteiger partial charge in [-0.15, -0.1) is 0 Å². The zero-order chi connectivity index (χ0) is 24.1. The summed E-state index contributed by atoms with van der Waals surface area (Å²) < 4.78 is 51.9. The van der Waals surface area contributed by atoms with Crippen LogP contribution in [0.1, 0.15) is 30.4 Å². The molecule has 2 aromatic rings. The number of carbonyl (C=O) groups excluding carboxylic acids is 2. The van der Waals surface area contributed by atoms with Gasteiger partial charge in [-0.25, -0.2) is 0 Å². The Hall–Kier alpha value is -3.27. The molecule has 0 unspecified atom stereocenters. The number of amides is 2. The van der Waals surface area contributed by atoms with Gasteiger partial charge in [-0.05, 0) is 54.8 Å². The van der Waals surface area contributed by atoms with Crippen LogP contribution in [0.3, 0.4) is 0 Å². The van der Waals surface area contributed by atoms with Crippen molar-refractivity contribution < 1.29 is 32.2 Å². The lowest BCUT2D eigenvalue weighted by Gasteiger charge is -2.29. The highest BCUT2D eigenvalue weighted by Crippen LogP contribution is 2.37. The molecule has 4 rings (SSSR count). The van der Waals surface area contributed by atoms with Gasteiger partial charge in [-0.2, -0.15) is 13.2 Å². The second-order valence-corrected chi connectivity index (χ2v) is 8.19. The summed E-state index contributed by atoms with van der Waals surface area (Å²) in [5.41, 5.74) is 1.07. The van der Waals surface area contributed by atoms with E-state index in [1.807, 2.05) is 11.0 Å². The number of ether oxygens (including phenoxy) is 2. The van der Waals surface area contributed by atoms with Gasteiger partial charge in [0.15, 0.2) is 0 Å². The fourth-order valence-corrected chi connectivity index (χ4v) is 3.98. The number of rotatable bonds is 7. The third kappa shape index (κ3) is 5.99. The van der Waals surface area contributed by atoms with E-state index in [0.29, 0.717) is 57.0 Å². The van der Waals surface area contributed by atoms with Crippen LogP contribution in [0.15, 0.2) is 36.4 Å². The first-order chi connectivity index (χ1) is 16.3. The monoisotopic (exact) mass is 477 g/mol. The second-order valence-electron chi connectivity index (χ2n) is 8.19. The summed E-state index contributed by atoms with van der Waals surface area (Å²) in [5, 5.41) is 5.19. The Morgan fingerprint density at radius 3 is 2.68 bits per heavy atom. The zero-order valence-electron chi connectivity index (χ0n) is 18.5. The molecule has 0 spiro atoms. The molecule has 10 heteroatoms. The number of carbonyl (C=O) groups is 2. The van der Waals surface area contributed by atoms with Crippen molar-refractivity contribution >= 4 is 28.9 Å². The predicted octanol–water partition coefficient (Wildman–Crippen LogP) is 4.22. The maximum absolute atomic E-state index is 13.6. The topological polar surface area (TPSA) is 79.9 Å². The van der Waals surface area contributed by atoms with Gasteiger partial charge in [0.05, 0.1) is 31.1 Å². The first kappa shape index (κ1) is 23.9. The summed E-state index contributed by atoms with van der Waals surface area (Å²) in [5.74, 6) is 0.0892. The maximum Gasteiger partial charge on any atom is 0.418 e. The minimum Gasteiger partial charge on any atom is -0.494 e. The van der Waals surface area contributed by atoms with E-state index in [4.69, 9.17) is 9.47 Å². The molecule has 2 heterocycles. The smallest absolute Gasteiger partial charge is 0.418 e. The molecule has 1 saturated heterocycles. The van der Waals surface area contributed by atoms with E-state index in [-0.39, 0.29) is 24.6 Å². The molecule has 7 nitrogen and oxygen atoms in total. The summed E-state index contributed by atoms with van der Waals surface area (Å²) in [6, 6.07) is 9.30. The van der Waals surface area contributed by atoms with Gasteiger partial charge in [0, 0.05) is 37.3 Å². The molecule has 0 atom stereocenters. The van der Waals surface area contributed by atoms with Crippen molar-refractivity contribution in [2.24, 2.45) is 0 Å². The molecule has 0 bridgehead atoms. The van der Waals surface area contributed by atoms with E-state index in [0.717, 1.165) is 17.3 Å². The number of anilines is 3. The van der Waals surface area contributed by atoms with Crippen LogP contribution in [0.4, 0.5) is 30.2 Å². The van der Waals surface area contributed by atoms with Crippen LogP contribution in [-0.2, 0) is 26.9 Å². The van der Waals surface area contributed by atoms with Gasteiger partial charge in [-0.3, -0.25) is 9.59 Å². The van der Waals surface area contributed by atoms with Gasteiger partial charge < -0.3 is 25.0 Å². The Kier molecular flexibility index (Phi) is 7.26. The molecule has 2 amide bonds. The fourth-order valence-electron chi connectivity index (χ4n) is 3.98. The normalized spacial score (nSPS) is 16.0. The third-order valence-corrected chi connectivity index (χ3v) is 5.75. The van der Waals surface area contributed by atoms with E-state index in [9.17, 15) is 22.8 Å². The molecule has 0 radical (unpaired) electrons. The van der Waals surface area contributed by atoms with Crippen molar-refractivity contribution in [2.75, 3.05) is 48.4 Å². The Labute approximate surface area is 195 Å². The van der Waals surface area contributed by atoms with Crippen LogP contribution in [0.25, 0.3) is 0 Å². The molecule has 0 saturated carbocycles. The summed E-state index contributed by atoms with van der Waals surface area (Å²) in [7, 11) is 0. The lowest BCUT2D eigenvalue weighted by molar-refractivity contribution is -0.137. The summed E-state index contributed by atoms with van der Waals surface area (Å²) >= 11 is 0. The van der Waals surface area contributed by atoms with Crippen molar-refractivity contribution in [1.82, 2.24) is 0 Å². The average Bonchev–Trinajstić information content (AvgIpc) is 2.82. The number of morpholine rings is 1. The Balaban J connectivity index is 1.30. The van der Waals surface area contributed by atoms with Gasteiger partial charge in [0.2, 0.25) is 11.8 Å². The van der Waals surface area contributed by atoms with Crippen LogP contribution in [-0.4, -0.2) is 44.7 Å². The zero-order valence-corrected chi connectivity index (χ0v) is 18.5. The van der Waals surface area contributed by atoms with Gasteiger partial charge in [-0.1, -0.05) is 0 Å². The molecular formula is C24H26F3N3O4. The van der Waals surface area contributed by atoms with Crippen LogP contribution < -0.4 is 20.3 Å². The van der Waals surface area contributed by atoms with E-state index in [2.05, 4.69) is 10.6 Å². The number of nitrogens with zero attached hydrogens (tertiary/aromatic N) is 1. The largest absolute Gasteiger partial charge is 0.494 e. The van der Waals surface area contributed by atoms with E-state index < -0.39 is 17.6 Å². The predicted molar refractivity (Wildman–Crippen MR) is 121 cm³/mol. The average molecular weight is 477 g/mol. The number of aryl methyl sites for hydroxylation is 1. The Morgan fingerprint density at radius 1 is 1.12 bits per heavy atom. The molecule has 0 aliphatic carbocycles. The number of hydrogen-bond acceptors (Lipinski definition) is 5. The Morgan fingerprint density at radius 2 is 1.91 bits per heavy atom. The van der Waals surface area contributed by atoms with E-state index in [1.54, 1.807) is 18.2 Å². The lowest BCUT2D eigenvalue weighted by Crippen LogP contribution is -2.36. The van der Waals surface area contributed by atoms with Crippen molar-refractivity contribution in [1.29, 1.82) is 0 Å². The molecule has 0 aromatic heterocycles. The maximum atomic E-state index is 13.6. The van der Waals surface area contributed by atoms with Crippen molar-refractivity contribution in [3.63, 3.8) is 0 Å². The molecule has 1 fully saturated rings. The van der Waals surface area contributed by atoms with Crippen molar-refractivity contribution in [3.05, 3.63) is 47.5 Å². The highest BCUT2D eigenvalue weighted by molar-refractivity contribution is 5.94. The number of benzene rings is 2. The van der Waals surface area contributed by atoms with Gasteiger partial charge >= 0.3 is 6.18 Å². The third-order valence-electron chi connectivity index (χ3n) is 5.75. The van der Waals surface area contributed by atoms with Gasteiger partial charge in [0.25, 0.3) is 0 Å². The number of hydrogen-bond donors (Lipinski definition) is 2. The fraction of sp³-hybridized carbons (Fsp3) is 0.417. The molecule has 34 heavy (non-hydrogen) atoms. The molecule has 2 aliphatic rings. The molecular weight excluding hydrogens is 451 g/mol. The standard InChI is InChI=1S/C24H26F3N3O4/c25-24(26,27)19-15-17(30-9-12-33-13-10-30)4-6-21(19)29-22(31)2-1-11-34-18-5-7-20-16(14-18)3-8-23(32)28-20/h4-7,14-15H,1-3,8-13H2,(H,28,32)(H,29,31). The van der Waals surface area contributed by atoms with Gasteiger partial charge in [0.1, 0.15) is 5.75 Å². The van der Waals surface area contributed by atoms with E-state index >= 15 is 0 Å². The Bertz CT molecular complexity index is 1050. The highest BCUT2D eigenvalue weighted by atomic mass is 19.4. The van der Waals surface area contributed by atoms with Crippen LogP contribution >= 0.6 is 0 Å². The van der Waals surface area contributed by atoms with Crippen molar-refractivity contribution in [2.45, 2.75) is 31.9 Å². The number of fused-ring (bicyclic) bond motifs is 1. The minimum absolute atomic E-state index is 0.0170. The number of alkyl halides is 3. The summed E-state index contributed by atoms with van der Waals surface area (Å²) in [4.78, 5) is 25.6. The summed E-state index contributed by atoms with van der Waals surface area (Å²) in [6.45, 7) is 2.19.